The highest BCUT2D eigenvalue weighted by Crippen LogP contribution is 2.21. The molecule has 1 atom stereocenters. The first kappa shape index (κ1) is 15.8. The van der Waals surface area contributed by atoms with E-state index < -0.39 is 0 Å². The quantitative estimate of drug-likeness (QED) is 0.688. The second-order valence-electron chi connectivity index (χ2n) is 4.99. The van der Waals surface area contributed by atoms with Crippen molar-refractivity contribution in [3.05, 3.63) is 60.0 Å². The lowest BCUT2D eigenvalue weighted by Crippen LogP contribution is -1.99. The van der Waals surface area contributed by atoms with E-state index in [9.17, 15) is 0 Å². The summed E-state index contributed by atoms with van der Waals surface area (Å²) in [5, 5.41) is 3.97. The van der Waals surface area contributed by atoms with Gasteiger partial charge in [0, 0.05) is 25.1 Å². The molecule has 0 spiro atoms. The van der Waals surface area contributed by atoms with Crippen LogP contribution >= 0.6 is 0 Å². The molecule has 1 unspecified atom stereocenters. The lowest BCUT2D eigenvalue weighted by Gasteiger charge is -2.05. The Morgan fingerprint density at radius 1 is 1.12 bits per heavy atom. The largest absolute Gasteiger partial charge is 0.372 e. The number of pyridine rings is 2. The van der Waals surface area contributed by atoms with Gasteiger partial charge in [-0.1, -0.05) is 18.1 Å². The Balaban J connectivity index is 1.77. The molecular weight excluding hydrogens is 304 g/mol. The lowest BCUT2D eigenvalue weighted by molar-refractivity contribution is 0.0706. The van der Waals surface area contributed by atoms with Gasteiger partial charge in [-0.3, -0.25) is 0 Å². The van der Waals surface area contributed by atoms with Crippen molar-refractivity contribution in [2.24, 2.45) is 0 Å². The summed E-state index contributed by atoms with van der Waals surface area (Å²) in [6.07, 6.45) is 3.95. The number of aromatic nitrogens is 4. The summed E-state index contributed by atoms with van der Waals surface area (Å²) < 4.78 is 10.5. The second-order valence-corrected chi connectivity index (χ2v) is 4.99. The molecular formula is C18H16N4O2. The summed E-state index contributed by atoms with van der Waals surface area (Å²) in [4.78, 5) is 12.8. The molecule has 0 bridgehead atoms. The van der Waals surface area contributed by atoms with Crippen LogP contribution in [0.3, 0.4) is 0 Å². The maximum atomic E-state index is 5.29. The van der Waals surface area contributed by atoms with E-state index in [1.54, 1.807) is 19.5 Å². The zero-order valence-electron chi connectivity index (χ0n) is 13.4. The SMILES string of the molecule is CCC(OC)c1nc(-c2ccc(C#Cc3ccccn3)nc2)no1. The summed E-state index contributed by atoms with van der Waals surface area (Å²) in [5.74, 6) is 6.89. The summed E-state index contributed by atoms with van der Waals surface area (Å²) in [5.41, 5.74) is 2.12. The fraction of sp³-hybridized carbons (Fsp3) is 0.222. The van der Waals surface area contributed by atoms with Crippen LogP contribution in [0.4, 0.5) is 0 Å². The van der Waals surface area contributed by atoms with Crippen molar-refractivity contribution in [1.82, 2.24) is 20.1 Å². The number of hydrogen-bond donors (Lipinski definition) is 0. The maximum Gasteiger partial charge on any atom is 0.256 e. The number of rotatable bonds is 4. The average molecular weight is 320 g/mol. The minimum atomic E-state index is -0.192. The normalized spacial score (nSPS) is 11.6. The van der Waals surface area contributed by atoms with Crippen LogP contribution in [0.25, 0.3) is 11.4 Å². The second kappa shape index (κ2) is 7.49. The van der Waals surface area contributed by atoms with Crippen LogP contribution in [-0.4, -0.2) is 27.2 Å². The van der Waals surface area contributed by atoms with Crippen molar-refractivity contribution >= 4 is 0 Å². The molecule has 6 heteroatoms. The van der Waals surface area contributed by atoms with Crippen molar-refractivity contribution in [2.45, 2.75) is 19.4 Å². The van der Waals surface area contributed by atoms with E-state index in [0.29, 0.717) is 23.1 Å². The van der Waals surface area contributed by atoms with Crippen LogP contribution in [0.1, 0.15) is 36.7 Å². The predicted molar refractivity (Wildman–Crippen MR) is 87.8 cm³/mol. The van der Waals surface area contributed by atoms with E-state index in [0.717, 1.165) is 12.0 Å². The Kier molecular flexibility index (Phi) is 4.94. The van der Waals surface area contributed by atoms with Crippen molar-refractivity contribution < 1.29 is 9.26 Å². The first-order chi connectivity index (χ1) is 11.8. The Morgan fingerprint density at radius 3 is 2.58 bits per heavy atom. The molecule has 6 nitrogen and oxygen atoms in total. The third-order valence-corrected chi connectivity index (χ3v) is 3.38. The number of methoxy groups -OCH3 is 1. The Morgan fingerprint density at radius 2 is 1.96 bits per heavy atom. The molecule has 0 radical (unpaired) electrons. The van der Waals surface area contributed by atoms with Crippen LogP contribution in [0.2, 0.25) is 0 Å². The Labute approximate surface area is 139 Å². The van der Waals surface area contributed by atoms with E-state index in [-0.39, 0.29) is 6.10 Å². The molecule has 3 heterocycles. The van der Waals surface area contributed by atoms with Crippen LogP contribution in [0, 0.1) is 11.8 Å². The standard InChI is InChI=1S/C18H16N4O2/c1-3-16(23-2)18-21-17(22-24-18)13-7-8-15(20-12-13)10-9-14-6-4-5-11-19-14/h4-8,11-12,16H,3H2,1-2H3. The number of hydrogen-bond acceptors (Lipinski definition) is 6. The van der Waals surface area contributed by atoms with E-state index in [4.69, 9.17) is 9.26 Å². The van der Waals surface area contributed by atoms with Gasteiger partial charge in [0.05, 0.1) is 0 Å². The van der Waals surface area contributed by atoms with E-state index in [1.807, 2.05) is 37.3 Å². The molecule has 0 amide bonds. The molecule has 0 aliphatic carbocycles. The third-order valence-electron chi connectivity index (χ3n) is 3.38. The molecule has 3 rings (SSSR count). The van der Waals surface area contributed by atoms with Gasteiger partial charge in [-0.05, 0) is 42.5 Å². The highest BCUT2D eigenvalue weighted by Gasteiger charge is 2.17. The molecule has 120 valence electrons. The molecule has 0 aromatic carbocycles. The van der Waals surface area contributed by atoms with Gasteiger partial charge in [0.2, 0.25) is 5.82 Å². The average Bonchev–Trinajstić information content (AvgIpc) is 3.12. The van der Waals surface area contributed by atoms with E-state index >= 15 is 0 Å². The van der Waals surface area contributed by atoms with Crippen LogP contribution in [0.5, 0.6) is 0 Å². The summed E-state index contributed by atoms with van der Waals surface area (Å²) in [6, 6.07) is 9.27. The van der Waals surface area contributed by atoms with Crippen molar-refractivity contribution in [2.75, 3.05) is 7.11 Å². The molecule has 3 aromatic rings. The molecule has 0 N–H and O–H groups in total. The molecule has 24 heavy (non-hydrogen) atoms. The monoisotopic (exact) mass is 320 g/mol. The zero-order valence-corrected chi connectivity index (χ0v) is 13.4. The van der Waals surface area contributed by atoms with Crippen LogP contribution in [-0.2, 0) is 4.74 Å². The smallest absolute Gasteiger partial charge is 0.256 e. The van der Waals surface area contributed by atoms with Gasteiger partial charge in [-0.25, -0.2) is 9.97 Å². The topological polar surface area (TPSA) is 73.9 Å². The molecule has 0 aliphatic rings. The summed E-state index contributed by atoms with van der Waals surface area (Å²) in [6.45, 7) is 1.99. The van der Waals surface area contributed by atoms with Gasteiger partial charge < -0.3 is 9.26 Å². The first-order valence-corrected chi connectivity index (χ1v) is 7.56. The molecule has 0 saturated heterocycles. The highest BCUT2D eigenvalue weighted by molar-refractivity contribution is 5.53. The van der Waals surface area contributed by atoms with Crippen molar-refractivity contribution in [3.63, 3.8) is 0 Å². The summed E-state index contributed by atoms with van der Waals surface area (Å²) >= 11 is 0. The van der Waals surface area contributed by atoms with Gasteiger partial charge >= 0.3 is 0 Å². The van der Waals surface area contributed by atoms with E-state index in [1.165, 1.54) is 0 Å². The van der Waals surface area contributed by atoms with E-state index in [2.05, 4.69) is 31.9 Å². The predicted octanol–water partition coefficient (Wildman–Crippen LogP) is 3.02. The van der Waals surface area contributed by atoms with Crippen LogP contribution in [0.15, 0.2) is 47.2 Å². The summed E-state index contributed by atoms with van der Waals surface area (Å²) in [7, 11) is 1.62. The Hall–Kier alpha value is -3.04. The molecule has 0 fully saturated rings. The molecule has 0 aliphatic heterocycles. The molecule has 0 saturated carbocycles. The van der Waals surface area contributed by atoms with Gasteiger partial charge in [0.1, 0.15) is 17.5 Å². The minimum Gasteiger partial charge on any atom is -0.372 e. The number of nitrogens with zero attached hydrogens (tertiary/aromatic N) is 4. The third kappa shape index (κ3) is 3.65. The van der Waals surface area contributed by atoms with Gasteiger partial charge in [-0.2, -0.15) is 4.98 Å². The maximum absolute atomic E-state index is 5.29. The fourth-order valence-corrected chi connectivity index (χ4v) is 2.09. The molecule has 3 aromatic heterocycles. The zero-order chi connectivity index (χ0) is 16.8. The highest BCUT2D eigenvalue weighted by atomic mass is 16.5. The minimum absolute atomic E-state index is 0.192. The van der Waals surface area contributed by atoms with Gasteiger partial charge in [-0.15, -0.1) is 0 Å². The van der Waals surface area contributed by atoms with Gasteiger partial charge in [0.25, 0.3) is 5.89 Å². The van der Waals surface area contributed by atoms with Crippen molar-refractivity contribution in [1.29, 1.82) is 0 Å². The van der Waals surface area contributed by atoms with Crippen LogP contribution < -0.4 is 0 Å². The number of ether oxygens (including phenoxy) is 1. The Bertz CT molecular complexity index is 844. The first-order valence-electron chi connectivity index (χ1n) is 7.56. The van der Waals surface area contributed by atoms with Crippen molar-refractivity contribution in [3.8, 4) is 23.2 Å². The van der Waals surface area contributed by atoms with Gasteiger partial charge in [0.15, 0.2) is 0 Å². The lowest BCUT2D eigenvalue weighted by atomic mass is 10.2. The fourth-order valence-electron chi connectivity index (χ4n) is 2.09.